The fourth-order valence-electron chi connectivity index (χ4n) is 2.42. The third-order valence-electron chi connectivity index (χ3n) is 3.19. The van der Waals surface area contributed by atoms with E-state index in [-0.39, 0.29) is 0 Å². The van der Waals surface area contributed by atoms with Gasteiger partial charge < -0.3 is 0 Å². The number of hydrogen-bond acceptors (Lipinski definition) is 0. The van der Waals surface area contributed by atoms with Crippen molar-refractivity contribution in [3.05, 3.63) is 46.3 Å². The first-order valence-corrected chi connectivity index (χ1v) is 5.95. The number of rotatable bonds is 1. The Hall–Kier alpha value is -1.56. The fourth-order valence-corrected chi connectivity index (χ4v) is 2.42. The van der Waals surface area contributed by atoms with Crippen LogP contribution in [-0.2, 0) is 6.42 Å². The Kier molecular flexibility index (Phi) is 3.09. The van der Waals surface area contributed by atoms with Crippen molar-refractivity contribution >= 4 is 22.9 Å². The molecule has 0 atom stereocenters. The lowest BCUT2D eigenvalue weighted by atomic mass is 9.98. The summed E-state index contributed by atoms with van der Waals surface area (Å²) in [5, 5.41) is 5.48. The van der Waals surface area contributed by atoms with E-state index < -0.39 is 0 Å². The molecule has 16 heavy (non-hydrogen) atoms. The van der Waals surface area contributed by atoms with Crippen LogP contribution in [-0.4, -0.2) is 0 Å². The van der Waals surface area contributed by atoms with Crippen LogP contribution in [0.2, 0.25) is 0 Å². The van der Waals surface area contributed by atoms with Crippen molar-refractivity contribution in [3.63, 3.8) is 0 Å². The molecule has 0 aromatic heterocycles. The van der Waals surface area contributed by atoms with Gasteiger partial charge in [-0.1, -0.05) is 43.3 Å². The van der Waals surface area contributed by atoms with Crippen molar-refractivity contribution in [3.8, 4) is 0 Å². The summed E-state index contributed by atoms with van der Waals surface area (Å²) in [6, 6.07) is 10.9. The van der Waals surface area contributed by atoms with Crippen LogP contribution >= 0.6 is 0 Å². The van der Waals surface area contributed by atoms with Crippen molar-refractivity contribution in [1.82, 2.24) is 0 Å². The highest BCUT2D eigenvalue weighted by Crippen LogP contribution is 2.14. The predicted octanol–water partition coefficient (Wildman–Crippen LogP) is 3.00. The highest BCUT2D eigenvalue weighted by atomic mass is 14.1. The van der Waals surface area contributed by atoms with Crippen LogP contribution in [0.3, 0.4) is 0 Å². The predicted molar refractivity (Wildman–Crippen MR) is 72.9 cm³/mol. The standard InChI is InChI=1S/C16H18/c1-4-12-11-13-9-7-8-10-16(13)15(6-3)14(12)5-2/h4-5,7-11H,6H2,1-3H3/b12-4-,14-5+. The average molecular weight is 210 g/mol. The van der Waals surface area contributed by atoms with E-state index in [0.29, 0.717) is 0 Å². The van der Waals surface area contributed by atoms with Crippen LogP contribution in [0.1, 0.15) is 26.3 Å². The zero-order valence-electron chi connectivity index (χ0n) is 10.2. The molecule has 0 heteroatoms. The lowest BCUT2D eigenvalue weighted by Gasteiger charge is -2.06. The first-order chi connectivity index (χ1) is 7.81. The van der Waals surface area contributed by atoms with E-state index >= 15 is 0 Å². The number of fused-ring (bicyclic) bond motifs is 1. The Labute approximate surface area is 96.9 Å². The molecule has 0 spiro atoms. The smallest absolute Gasteiger partial charge is 0.0146 e. The molecule has 0 radical (unpaired) electrons. The van der Waals surface area contributed by atoms with Gasteiger partial charge in [0.25, 0.3) is 0 Å². The molecular formula is C16H18. The maximum Gasteiger partial charge on any atom is -0.0146 e. The van der Waals surface area contributed by atoms with Crippen LogP contribution < -0.4 is 10.4 Å². The van der Waals surface area contributed by atoms with Crippen molar-refractivity contribution < 1.29 is 0 Å². The summed E-state index contributed by atoms with van der Waals surface area (Å²) in [4.78, 5) is 0. The molecule has 0 heterocycles. The second-order valence-corrected chi connectivity index (χ2v) is 4.01. The third kappa shape index (κ3) is 1.65. The minimum absolute atomic E-state index is 1.09. The van der Waals surface area contributed by atoms with Crippen LogP contribution in [0.15, 0.2) is 30.3 Å². The summed E-state index contributed by atoms with van der Waals surface area (Å²) in [6.07, 6.45) is 5.50. The molecule has 0 aliphatic heterocycles. The minimum atomic E-state index is 1.09. The second-order valence-electron chi connectivity index (χ2n) is 4.01. The summed E-state index contributed by atoms with van der Waals surface area (Å²) >= 11 is 0. The third-order valence-corrected chi connectivity index (χ3v) is 3.19. The Morgan fingerprint density at radius 2 is 1.81 bits per heavy atom. The molecule has 2 aromatic rings. The van der Waals surface area contributed by atoms with Crippen molar-refractivity contribution in [1.29, 1.82) is 0 Å². The first-order valence-electron chi connectivity index (χ1n) is 5.95. The van der Waals surface area contributed by atoms with Gasteiger partial charge >= 0.3 is 0 Å². The van der Waals surface area contributed by atoms with Gasteiger partial charge in [0.2, 0.25) is 0 Å². The summed E-state index contributed by atoms with van der Waals surface area (Å²) in [7, 11) is 0. The molecule has 0 N–H and O–H groups in total. The fraction of sp³-hybridized carbons (Fsp3) is 0.250. The van der Waals surface area contributed by atoms with E-state index in [4.69, 9.17) is 0 Å². The van der Waals surface area contributed by atoms with Gasteiger partial charge in [0.05, 0.1) is 0 Å². The molecular weight excluding hydrogens is 192 g/mol. The first kappa shape index (κ1) is 10.9. The Bertz CT molecular complexity index is 618. The second kappa shape index (κ2) is 4.52. The quantitative estimate of drug-likeness (QED) is 0.679. The monoisotopic (exact) mass is 210 g/mol. The summed E-state index contributed by atoms with van der Waals surface area (Å²) in [6.45, 7) is 6.46. The van der Waals surface area contributed by atoms with E-state index in [1.807, 2.05) is 0 Å². The van der Waals surface area contributed by atoms with Gasteiger partial charge in [-0.25, -0.2) is 0 Å². The van der Waals surface area contributed by atoms with Gasteiger partial charge in [-0.15, -0.1) is 0 Å². The van der Waals surface area contributed by atoms with Gasteiger partial charge in [-0.3, -0.25) is 0 Å². The Morgan fingerprint density at radius 1 is 1.06 bits per heavy atom. The van der Waals surface area contributed by atoms with Crippen LogP contribution in [0.25, 0.3) is 22.9 Å². The maximum absolute atomic E-state index is 2.28. The van der Waals surface area contributed by atoms with Gasteiger partial charge in [-0.05, 0) is 53.1 Å². The molecule has 82 valence electrons. The van der Waals surface area contributed by atoms with Crippen molar-refractivity contribution in [2.24, 2.45) is 0 Å². The number of hydrogen-bond donors (Lipinski definition) is 0. The highest BCUT2D eigenvalue weighted by Gasteiger charge is 2.01. The average Bonchev–Trinajstić information content (AvgIpc) is 2.36. The lowest BCUT2D eigenvalue weighted by Crippen LogP contribution is -2.28. The Balaban J connectivity index is 3.07. The van der Waals surface area contributed by atoms with E-state index in [0.717, 1.165) is 6.42 Å². The highest BCUT2D eigenvalue weighted by molar-refractivity contribution is 5.86. The van der Waals surface area contributed by atoms with Crippen molar-refractivity contribution in [2.75, 3.05) is 0 Å². The van der Waals surface area contributed by atoms with Gasteiger partial charge in [-0.2, -0.15) is 0 Å². The van der Waals surface area contributed by atoms with Crippen LogP contribution in [0, 0.1) is 0 Å². The molecule has 0 saturated heterocycles. The summed E-state index contributed by atoms with van der Waals surface area (Å²) in [5.74, 6) is 0. The molecule has 0 fully saturated rings. The summed E-state index contributed by atoms with van der Waals surface area (Å²) in [5.41, 5.74) is 1.47. The van der Waals surface area contributed by atoms with Gasteiger partial charge in [0.1, 0.15) is 0 Å². The van der Waals surface area contributed by atoms with Crippen LogP contribution in [0.4, 0.5) is 0 Å². The molecule has 2 aromatic carbocycles. The molecule has 0 unspecified atom stereocenters. The minimum Gasteiger partial charge on any atom is -0.0798 e. The molecule has 0 bridgehead atoms. The molecule has 0 aliphatic carbocycles. The molecule has 0 amide bonds. The van der Waals surface area contributed by atoms with Crippen LogP contribution in [0.5, 0.6) is 0 Å². The zero-order chi connectivity index (χ0) is 11.5. The molecule has 0 aliphatic rings. The Morgan fingerprint density at radius 3 is 2.44 bits per heavy atom. The van der Waals surface area contributed by atoms with E-state index in [9.17, 15) is 0 Å². The normalized spacial score (nSPS) is 13.7. The molecule has 2 rings (SSSR count). The molecule has 0 nitrogen and oxygen atoms in total. The van der Waals surface area contributed by atoms with E-state index in [1.165, 1.54) is 26.8 Å². The van der Waals surface area contributed by atoms with Gasteiger partial charge in [0.15, 0.2) is 0 Å². The molecule has 0 saturated carbocycles. The number of aryl methyl sites for hydroxylation is 1. The SMILES string of the molecule is C/C=c1/cc2ccccc2c(CC)/c1=C/C. The zero-order valence-corrected chi connectivity index (χ0v) is 10.2. The lowest BCUT2D eigenvalue weighted by molar-refractivity contribution is 1.13. The summed E-state index contributed by atoms with van der Waals surface area (Å²) < 4.78 is 0. The van der Waals surface area contributed by atoms with E-state index in [2.05, 4.69) is 63.3 Å². The topological polar surface area (TPSA) is 0 Å². The van der Waals surface area contributed by atoms with E-state index in [1.54, 1.807) is 0 Å². The van der Waals surface area contributed by atoms with Crippen molar-refractivity contribution in [2.45, 2.75) is 27.2 Å². The largest absolute Gasteiger partial charge is 0.0798 e. The number of benzene rings is 2. The van der Waals surface area contributed by atoms with Gasteiger partial charge in [0, 0.05) is 0 Å². The maximum atomic E-state index is 2.28.